The van der Waals surface area contributed by atoms with Gasteiger partial charge in [0.1, 0.15) is 23.8 Å². The van der Waals surface area contributed by atoms with Crippen molar-refractivity contribution in [2.75, 3.05) is 13.2 Å². The summed E-state index contributed by atoms with van der Waals surface area (Å²) in [6.07, 6.45) is 3.74. The molecule has 0 saturated carbocycles. The van der Waals surface area contributed by atoms with Crippen LogP contribution in [0.2, 0.25) is 0 Å². The maximum absolute atomic E-state index is 13.1. The van der Waals surface area contributed by atoms with E-state index in [-0.39, 0.29) is 30.3 Å². The first-order chi connectivity index (χ1) is 13.7. The summed E-state index contributed by atoms with van der Waals surface area (Å²) in [7, 11) is 0. The summed E-state index contributed by atoms with van der Waals surface area (Å²) in [6.45, 7) is 1.26. The molecule has 1 aliphatic rings. The highest BCUT2D eigenvalue weighted by molar-refractivity contribution is 5.96. The van der Waals surface area contributed by atoms with Crippen LogP contribution in [-0.2, 0) is 11.3 Å². The van der Waals surface area contributed by atoms with Crippen molar-refractivity contribution in [3.63, 3.8) is 0 Å². The van der Waals surface area contributed by atoms with Crippen molar-refractivity contribution in [3.8, 4) is 11.6 Å². The first kappa shape index (κ1) is 18.1. The van der Waals surface area contributed by atoms with Crippen LogP contribution < -0.4 is 10.1 Å². The van der Waals surface area contributed by atoms with Crippen LogP contribution in [0.4, 0.5) is 4.39 Å². The lowest BCUT2D eigenvalue weighted by atomic mass is 10.2. The normalized spacial score (nSPS) is 16.1. The van der Waals surface area contributed by atoms with Crippen LogP contribution in [0.15, 0.2) is 48.9 Å². The summed E-state index contributed by atoms with van der Waals surface area (Å²) in [5.74, 6) is 0.116. The molecule has 9 heteroatoms. The van der Waals surface area contributed by atoms with Gasteiger partial charge in [-0.3, -0.25) is 9.36 Å². The number of benzene rings is 1. The molecule has 1 aliphatic heterocycles. The Balaban J connectivity index is 1.46. The third kappa shape index (κ3) is 3.99. The predicted octanol–water partition coefficient (Wildman–Crippen LogP) is 1.90. The van der Waals surface area contributed by atoms with Crippen molar-refractivity contribution in [2.45, 2.75) is 19.1 Å². The lowest BCUT2D eigenvalue weighted by molar-refractivity contribution is 0.0936. The predicted molar refractivity (Wildman–Crippen MR) is 96.6 cm³/mol. The minimum Gasteiger partial charge on any atom is -0.471 e. The van der Waals surface area contributed by atoms with E-state index in [1.807, 2.05) is 0 Å². The van der Waals surface area contributed by atoms with Crippen molar-refractivity contribution in [1.29, 1.82) is 0 Å². The van der Waals surface area contributed by atoms with Gasteiger partial charge in [0.2, 0.25) is 5.88 Å². The Hall–Kier alpha value is -3.33. The third-order valence-electron chi connectivity index (χ3n) is 4.31. The van der Waals surface area contributed by atoms with Gasteiger partial charge in [0.15, 0.2) is 5.82 Å². The van der Waals surface area contributed by atoms with Gasteiger partial charge in [0, 0.05) is 18.3 Å². The highest BCUT2D eigenvalue weighted by atomic mass is 19.1. The lowest BCUT2D eigenvalue weighted by Gasteiger charge is -2.14. The Morgan fingerprint density at radius 3 is 2.96 bits per heavy atom. The van der Waals surface area contributed by atoms with Crippen LogP contribution in [0.5, 0.6) is 5.88 Å². The molecular formula is C19H18FN5O3. The maximum Gasteiger partial charge on any atom is 0.257 e. The van der Waals surface area contributed by atoms with Crippen LogP contribution in [0, 0.1) is 5.82 Å². The number of ether oxygens (including phenoxy) is 2. The van der Waals surface area contributed by atoms with Gasteiger partial charge in [-0.25, -0.2) is 9.37 Å². The number of hydrogen-bond acceptors (Lipinski definition) is 6. The molecular weight excluding hydrogens is 365 g/mol. The molecule has 1 saturated heterocycles. The fraction of sp³-hybridized carbons (Fsp3) is 0.263. The molecule has 8 nitrogen and oxygen atoms in total. The second-order valence-corrected chi connectivity index (χ2v) is 6.24. The third-order valence-corrected chi connectivity index (χ3v) is 4.31. The molecule has 1 amide bonds. The van der Waals surface area contributed by atoms with Gasteiger partial charge in [-0.1, -0.05) is 0 Å². The first-order valence-electron chi connectivity index (χ1n) is 8.83. The molecule has 2 aromatic heterocycles. The van der Waals surface area contributed by atoms with E-state index in [9.17, 15) is 9.18 Å². The Kier molecular flexibility index (Phi) is 5.24. The van der Waals surface area contributed by atoms with Gasteiger partial charge in [0.25, 0.3) is 5.91 Å². The molecule has 4 rings (SSSR count). The second-order valence-electron chi connectivity index (χ2n) is 6.24. The number of aromatic nitrogens is 4. The minimum absolute atomic E-state index is 0.108. The van der Waals surface area contributed by atoms with E-state index in [0.29, 0.717) is 30.3 Å². The second kappa shape index (κ2) is 8.13. The molecule has 0 spiro atoms. The fourth-order valence-electron chi connectivity index (χ4n) is 2.87. The lowest BCUT2D eigenvalue weighted by Crippen LogP contribution is -2.26. The Morgan fingerprint density at radius 2 is 2.18 bits per heavy atom. The van der Waals surface area contributed by atoms with Crippen molar-refractivity contribution in [3.05, 3.63) is 66.1 Å². The van der Waals surface area contributed by atoms with E-state index >= 15 is 0 Å². The number of hydrogen-bond donors (Lipinski definition) is 1. The topological polar surface area (TPSA) is 91.2 Å². The first-order valence-corrected chi connectivity index (χ1v) is 8.83. The van der Waals surface area contributed by atoms with E-state index in [0.717, 1.165) is 6.42 Å². The molecule has 0 unspecified atom stereocenters. The fourth-order valence-corrected chi connectivity index (χ4v) is 2.87. The highest BCUT2D eigenvalue weighted by Crippen LogP contribution is 2.19. The van der Waals surface area contributed by atoms with Crippen LogP contribution in [-0.4, -0.2) is 45.0 Å². The number of pyridine rings is 1. The van der Waals surface area contributed by atoms with Crippen LogP contribution >= 0.6 is 0 Å². The van der Waals surface area contributed by atoms with E-state index in [1.54, 1.807) is 35.0 Å². The van der Waals surface area contributed by atoms with Crippen molar-refractivity contribution < 1.29 is 18.7 Å². The monoisotopic (exact) mass is 383 g/mol. The minimum atomic E-state index is -0.337. The van der Waals surface area contributed by atoms with Crippen molar-refractivity contribution in [1.82, 2.24) is 25.1 Å². The summed E-state index contributed by atoms with van der Waals surface area (Å²) in [5, 5.41) is 10.7. The molecule has 3 aromatic rings. The summed E-state index contributed by atoms with van der Waals surface area (Å²) in [4.78, 5) is 16.8. The molecule has 1 aromatic carbocycles. The van der Waals surface area contributed by atoms with Gasteiger partial charge in [-0.05, 0) is 36.4 Å². The van der Waals surface area contributed by atoms with E-state index < -0.39 is 0 Å². The number of rotatable bonds is 6. The molecule has 1 N–H and O–H groups in total. The largest absolute Gasteiger partial charge is 0.471 e. The maximum atomic E-state index is 13.1. The summed E-state index contributed by atoms with van der Waals surface area (Å²) in [5.41, 5.74) is 1.03. The molecule has 28 heavy (non-hydrogen) atoms. The number of carbonyl (C=O) groups is 1. The average Bonchev–Trinajstić information content (AvgIpc) is 3.39. The molecule has 144 valence electrons. The smallest absolute Gasteiger partial charge is 0.257 e. The number of carbonyl (C=O) groups excluding carboxylic acids is 1. The molecule has 1 atom stereocenters. The molecule has 0 radical (unpaired) electrons. The standard InChI is InChI=1S/C19H18FN5O3/c20-13-3-5-14(6-4-13)25-12-23-24-17(25)10-22-18(26)16-2-1-8-21-19(16)28-15-7-9-27-11-15/h1-6,8,12,15H,7,9-11H2,(H,22,26)/t15-/m0/s1. The zero-order valence-electron chi connectivity index (χ0n) is 14.9. The molecule has 1 fully saturated rings. The average molecular weight is 383 g/mol. The number of halogens is 1. The SMILES string of the molecule is O=C(NCc1nncn1-c1ccc(F)cc1)c1cccnc1O[C@H]1CCOC1. The van der Waals surface area contributed by atoms with Gasteiger partial charge in [-0.2, -0.15) is 0 Å². The Bertz CT molecular complexity index is 954. The van der Waals surface area contributed by atoms with Crippen LogP contribution in [0.3, 0.4) is 0 Å². The number of nitrogens with one attached hydrogen (secondary N) is 1. The van der Waals surface area contributed by atoms with E-state index in [2.05, 4.69) is 20.5 Å². The molecule has 0 aliphatic carbocycles. The van der Waals surface area contributed by atoms with Gasteiger partial charge < -0.3 is 14.8 Å². The quantitative estimate of drug-likeness (QED) is 0.699. The van der Waals surface area contributed by atoms with Gasteiger partial charge in [0.05, 0.1) is 19.8 Å². The van der Waals surface area contributed by atoms with Gasteiger partial charge >= 0.3 is 0 Å². The van der Waals surface area contributed by atoms with E-state index in [1.165, 1.54) is 18.5 Å². The Morgan fingerprint density at radius 1 is 1.32 bits per heavy atom. The number of amides is 1. The summed E-state index contributed by atoms with van der Waals surface area (Å²) >= 11 is 0. The summed E-state index contributed by atoms with van der Waals surface area (Å²) in [6, 6.07) is 9.25. The van der Waals surface area contributed by atoms with Crippen molar-refractivity contribution >= 4 is 5.91 Å². The summed E-state index contributed by atoms with van der Waals surface area (Å²) < 4.78 is 25.9. The zero-order valence-corrected chi connectivity index (χ0v) is 14.9. The van der Waals surface area contributed by atoms with Crippen molar-refractivity contribution in [2.24, 2.45) is 0 Å². The van der Waals surface area contributed by atoms with E-state index in [4.69, 9.17) is 9.47 Å². The zero-order chi connectivity index (χ0) is 19.3. The molecule has 3 heterocycles. The van der Waals surface area contributed by atoms with Crippen LogP contribution in [0.25, 0.3) is 5.69 Å². The Labute approximate surface area is 160 Å². The van der Waals surface area contributed by atoms with Gasteiger partial charge in [-0.15, -0.1) is 10.2 Å². The number of nitrogens with zero attached hydrogens (tertiary/aromatic N) is 4. The molecule has 0 bridgehead atoms. The highest BCUT2D eigenvalue weighted by Gasteiger charge is 2.21. The van der Waals surface area contributed by atoms with Crippen LogP contribution in [0.1, 0.15) is 22.6 Å².